The second-order valence-corrected chi connectivity index (χ2v) is 6.73. The number of hydrogen-bond acceptors (Lipinski definition) is 3. The van der Waals surface area contributed by atoms with Gasteiger partial charge in [0.15, 0.2) is 5.76 Å². The summed E-state index contributed by atoms with van der Waals surface area (Å²) < 4.78 is 5.06. The lowest BCUT2D eigenvalue weighted by Crippen LogP contribution is -2.32. The molecule has 1 fully saturated rings. The molecule has 2 bridgehead atoms. The average molecular weight is 336 g/mol. The van der Waals surface area contributed by atoms with Crippen LogP contribution in [0.1, 0.15) is 29.0 Å². The molecule has 1 heterocycles. The number of rotatable bonds is 5. The minimum Gasteiger partial charge on any atom is -0.459 e. The molecule has 2 aliphatic rings. The number of allylic oxidation sites excluding steroid dienone is 2. The molecule has 2 aliphatic carbocycles. The van der Waals surface area contributed by atoms with Crippen molar-refractivity contribution in [3.8, 4) is 0 Å². The van der Waals surface area contributed by atoms with Crippen LogP contribution in [-0.2, 0) is 11.3 Å². The van der Waals surface area contributed by atoms with Crippen LogP contribution in [0.4, 0.5) is 5.69 Å². The summed E-state index contributed by atoms with van der Waals surface area (Å²) >= 11 is 0. The van der Waals surface area contributed by atoms with Crippen molar-refractivity contribution in [1.82, 2.24) is 5.32 Å². The van der Waals surface area contributed by atoms with E-state index in [9.17, 15) is 9.59 Å². The van der Waals surface area contributed by atoms with E-state index in [1.807, 2.05) is 24.3 Å². The van der Waals surface area contributed by atoms with Gasteiger partial charge in [-0.05, 0) is 54.5 Å². The number of furan rings is 1. The summed E-state index contributed by atoms with van der Waals surface area (Å²) in [5, 5.41) is 5.80. The van der Waals surface area contributed by atoms with Crippen LogP contribution in [0.2, 0.25) is 0 Å². The van der Waals surface area contributed by atoms with Gasteiger partial charge < -0.3 is 15.1 Å². The van der Waals surface area contributed by atoms with E-state index in [1.54, 1.807) is 12.1 Å². The van der Waals surface area contributed by atoms with Gasteiger partial charge in [0.2, 0.25) is 5.91 Å². The Morgan fingerprint density at radius 2 is 1.92 bits per heavy atom. The number of hydrogen-bond donors (Lipinski definition) is 2. The molecular weight excluding hydrogens is 316 g/mol. The second-order valence-electron chi connectivity index (χ2n) is 6.73. The van der Waals surface area contributed by atoms with E-state index in [0.717, 1.165) is 18.4 Å². The maximum Gasteiger partial charge on any atom is 0.291 e. The Morgan fingerprint density at radius 1 is 1.08 bits per heavy atom. The normalized spacial score (nSPS) is 23.6. The van der Waals surface area contributed by atoms with Crippen LogP contribution in [0.3, 0.4) is 0 Å². The van der Waals surface area contributed by atoms with Crippen LogP contribution >= 0.6 is 0 Å². The predicted molar refractivity (Wildman–Crippen MR) is 93.8 cm³/mol. The largest absolute Gasteiger partial charge is 0.459 e. The standard InChI is InChI=1S/C20H20N2O3/c23-19(17-11-14-3-6-15(17)10-14)21-12-13-4-7-16(8-5-13)22-20(24)18-2-1-9-25-18/h1-9,14-15,17H,10-12H2,(H,21,23)(H,22,24). The first-order valence-corrected chi connectivity index (χ1v) is 8.59. The van der Waals surface area contributed by atoms with Crippen molar-refractivity contribution in [1.29, 1.82) is 0 Å². The highest BCUT2D eigenvalue weighted by Crippen LogP contribution is 2.43. The smallest absolute Gasteiger partial charge is 0.291 e. The van der Waals surface area contributed by atoms with E-state index in [-0.39, 0.29) is 23.5 Å². The van der Waals surface area contributed by atoms with Crippen molar-refractivity contribution in [2.45, 2.75) is 19.4 Å². The zero-order chi connectivity index (χ0) is 17.2. The molecule has 1 aromatic carbocycles. The first-order chi connectivity index (χ1) is 12.2. The van der Waals surface area contributed by atoms with Gasteiger partial charge in [0.25, 0.3) is 5.91 Å². The number of carbonyl (C=O) groups is 2. The number of carbonyl (C=O) groups excluding carboxylic acids is 2. The quantitative estimate of drug-likeness (QED) is 0.823. The molecule has 25 heavy (non-hydrogen) atoms. The van der Waals surface area contributed by atoms with Gasteiger partial charge in [-0.3, -0.25) is 9.59 Å². The zero-order valence-corrected chi connectivity index (χ0v) is 13.8. The summed E-state index contributed by atoms with van der Waals surface area (Å²) in [5.41, 5.74) is 1.69. The van der Waals surface area contributed by atoms with Gasteiger partial charge in [-0.2, -0.15) is 0 Å². The summed E-state index contributed by atoms with van der Waals surface area (Å²) in [7, 11) is 0. The van der Waals surface area contributed by atoms with E-state index < -0.39 is 0 Å². The summed E-state index contributed by atoms with van der Waals surface area (Å²) in [6.07, 6.45) is 8.00. The molecule has 0 aliphatic heterocycles. The van der Waals surface area contributed by atoms with E-state index in [4.69, 9.17) is 4.42 Å². The van der Waals surface area contributed by atoms with Gasteiger partial charge in [0, 0.05) is 18.2 Å². The Hall–Kier alpha value is -2.82. The fraction of sp³-hybridized carbons (Fsp3) is 0.300. The molecule has 3 unspecified atom stereocenters. The molecule has 0 radical (unpaired) electrons. The maximum absolute atomic E-state index is 12.3. The highest BCUT2D eigenvalue weighted by Gasteiger charge is 2.39. The van der Waals surface area contributed by atoms with Gasteiger partial charge in [0.1, 0.15) is 0 Å². The Labute approximate surface area is 146 Å². The zero-order valence-electron chi connectivity index (χ0n) is 13.8. The molecule has 3 atom stereocenters. The average Bonchev–Trinajstić information content (AvgIpc) is 3.38. The van der Waals surface area contributed by atoms with E-state index in [2.05, 4.69) is 22.8 Å². The molecule has 0 spiro atoms. The predicted octanol–water partition coefficient (Wildman–Crippen LogP) is 3.36. The molecular formula is C20H20N2O3. The Kier molecular flexibility index (Phi) is 4.14. The van der Waals surface area contributed by atoms with E-state index in [0.29, 0.717) is 24.1 Å². The third-order valence-corrected chi connectivity index (χ3v) is 5.04. The highest BCUT2D eigenvalue weighted by molar-refractivity contribution is 6.02. The number of amides is 2. The van der Waals surface area contributed by atoms with E-state index >= 15 is 0 Å². The molecule has 5 heteroatoms. The molecule has 2 amide bonds. The number of fused-ring (bicyclic) bond motifs is 2. The Morgan fingerprint density at radius 3 is 2.56 bits per heavy atom. The third kappa shape index (κ3) is 3.36. The van der Waals surface area contributed by atoms with Crippen LogP contribution in [0, 0.1) is 17.8 Å². The van der Waals surface area contributed by atoms with Gasteiger partial charge in [0.05, 0.1) is 6.26 Å². The molecule has 0 saturated heterocycles. The van der Waals surface area contributed by atoms with Crippen molar-refractivity contribution < 1.29 is 14.0 Å². The van der Waals surface area contributed by atoms with Crippen LogP contribution in [0.25, 0.3) is 0 Å². The summed E-state index contributed by atoms with van der Waals surface area (Å²) in [6.45, 7) is 0.503. The first-order valence-electron chi connectivity index (χ1n) is 8.59. The lowest BCUT2D eigenvalue weighted by Gasteiger charge is -2.17. The van der Waals surface area contributed by atoms with Gasteiger partial charge >= 0.3 is 0 Å². The molecule has 1 aromatic heterocycles. The monoisotopic (exact) mass is 336 g/mol. The van der Waals surface area contributed by atoms with Crippen LogP contribution in [0.15, 0.2) is 59.2 Å². The fourth-order valence-corrected chi connectivity index (χ4v) is 3.71. The lowest BCUT2D eigenvalue weighted by atomic mass is 9.93. The maximum atomic E-state index is 12.3. The lowest BCUT2D eigenvalue weighted by molar-refractivity contribution is -0.125. The summed E-state index contributed by atoms with van der Waals surface area (Å²) in [6, 6.07) is 10.7. The van der Waals surface area contributed by atoms with Crippen molar-refractivity contribution >= 4 is 17.5 Å². The van der Waals surface area contributed by atoms with Crippen molar-refractivity contribution in [2.75, 3.05) is 5.32 Å². The summed E-state index contributed by atoms with van der Waals surface area (Å²) in [5.74, 6) is 1.28. The van der Waals surface area contributed by atoms with Crippen molar-refractivity contribution in [3.05, 3.63) is 66.1 Å². The first kappa shape index (κ1) is 15.7. The SMILES string of the molecule is O=C(Nc1ccc(CNC(=O)C2CC3C=CC2C3)cc1)c1ccco1. The van der Waals surface area contributed by atoms with Crippen molar-refractivity contribution in [3.63, 3.8) is 0 Å². The number of nitrogens with one attached hydrogen (secondary N) is 2. The number of benzene rings is 1. The van der Waals surface area contributed by atoms with Crippen LogP contribution in [-0.4, -0.2) is 11.8 Å². The third-order valence-electron chi connectivity index (χ3n) is 5.04. The van der Waals surface area contributed by atoms with Crippen LogP contribution in [0.5, 0.6) is 0 Å². The molecule has 5 nitrogen and oxygen atoms in total. The minimum absolute atomic E-state index is 0.127. The second kappa shape index (κ2) is 6.59. The molecule has 2 aromatic rings. The van der Waals surface area contributed by atoms with Gasteiger partial charge in [-0.15, -0.1) is 0 Å². The minimum atomic E-state index is -0.282. The molecule has 1 saturated carbocycles. The molecule has 4 rings (SSSR count). The number of anilines is 1. The van der Waals surface area contributed by atoms with Crippen molar-refractivity contribution in [2.24, 2.45) is 17.8 Å². The molecule has 128 valence electrons. The van der Waals surface area contributed by atoms with Crippen LogP contribution < -0.4 is 10.6 Å². The fourth-order valence-electron chi connectivity index (χ4n) is 3.71. The van der Waals surface area contributed by atoms with Gasteiger partial charge in [-0.25, -0.2) is 0 Å². The molecule has 2 N–H and O–H groups in total. The summed E-state index contributed by atoms with van der Waals surface area (Å²) in [4.78, 5) is 24.3. The topological polar surface area (TPSA) is 71.3 Å². The Balaban J connectivity index is 1.29. The van der Waals surface area contributed by atoms with Gasteiger partial charge in [-0.1, -0.05) is 24.3 Å². The Bertz CT molecular complexity index is 793. The van der Waals surface area contributed by atoms with E-state index in [1.165, 1.54) is 6.26 Å². The highest BCUT2D eigenvalue weighted by atomic mass is 16.3.